The van der Waals surface area contributed by atoms with Gasteiger partial charge in [0.15, 0.2) is 0 Å². The number of aryl methyl sites for hydroxylation is 2. The standard InChI is InChI=1S/C23H28ClN3O2.CH2O2/c1-23(2,3)29-22(28)27-13-11-26(12-14-27)21-19-9-8-18(24)15-17(19)7-6-16-5-4-10-25-20(16)21;2-1-3/h4-5,8-10,15,21H,6-7,11-14H2,1-3H3;1H,(H,2,3). The Labute approximate surface area is 194 Å². The number of carbonyl (C=O) groups excluding carboxylic acids is 1. The summed E-state index contributed by atoms with van der Waals surface area (Å²) in [5.41, 5.74) is 4.50. The van der Waals surface area contributed by atoms with Crippen molar-refractivity contribution >= 4 is 24.2 Å². The first-order valence-electron chi connectivity index (χ1n) is 10.8. The van der Waals surface area contributed by atoms with Crippen LogP contribution in [-0.2, 0) is 22.4 Å². The fourth-order valence-corrected chi connectivity index (χ4v) is 4.44. The smallest absolute Gasteiger partial charge is 0.410 e. The van der Waals surface area contributed by atoms with Crippen molar-refractivity contribution in [3.63, 3.8) is 0 Å². The van der Waals surface area contributed by atoms with Gasteiger partial charge in [-0.05, 0) is 68.5 Å². The lowest BCUT2D eigenvalue weighted by Crippen LogP contribution is -2.51. The lowest BCUT2D eigenvalue weighted by Gasteiger charge is -2.40. The van der Waals surface area contributed by atoms with Gasteiger partial charge < -0.3 is 14.7 Å². The summed E-state index contributed by atoms with van der Waals surface area (Å²) < 4.78 is 5.55. The number of carbonyl (C=O) groups is 2. The normalized spacial score (nSPS) is 18.4. The van der Waals surface area contributed by atoms with E-state index in [1.165, 1.54) is 16.7 Å². The highest BCUT2D eigenvalue weighted by molar-refractivity contribution is 6.30. The number of hydrogen-bond donors (Lipinski definition) is 1. The molecule has 0 spiro atoms. The Balaban J connectivity index is 0.000000913. The Bertz CT molecular complexity index is 953. The molecule has 32 heavy (non-hydrogen) atoms. The van der Waals surface area contributed by atoms with Crippen molar-refractivity contribution in [2.75, 3.05) is 26.2 Å². The number of rotatable bonds is 1. The van der Waals surface area contributed by atoms with E-state index in [9.17, 15) is 4.79 Å². The summed E-state index contributed by atoms with van der Waals surface area (Å²) in [7, 11) is 0. The molecule has 0 bridgehead atoms. The summed E-state index contributed by atoms with van der Waals surface area (Å²) >= 11 is 6.29. The molecule has 0 saturated carbocycles. The van der Waals surface area contributed by atoms with Crippen LogP contribution < -0.4 is 0 Å². The second-order valence-electron chi connectivity index (χ2n) is 8.90. The fourth-order valence-electron chi connectivity index (χ4n) is 4.24. The van der Waals surface area contributed by atoms with Gasteiger partial charge in [-0.3, -0.25) is 14.7 Å². The number of halogens is 1. The van der Waals surface area contributed by atoms with Crippen molar-refractivity contribution in [3.8, 4) is 0 Å². The Kier molecular flexibility index (Phi) is 7.74. The van der Waals surface area contributed by atoms with Crippen molar-refractivity contribution in [1.82, 2.24) is 14.8 Å². The third kappa shape index (κ3) is 5.78. The molecule has 8 heteroatoms. The minimum Gasteiger partial charge on any atom is -0.483 e. The number of ether oxygens (including phenoxy) is 1. The first kappa shape index (κ1) is 24.0. The van der Waals surface area contributed by atoms with Gasteiger partial charge in [-0.2, -0.15) is 0 Å². The molecule has 1 N–H and O–H groups in total. The quantitative estimate of drug-likeness (QED) is 0.644. The number of hydrogen-bond acceptors (Lipinski definition) is 5. The molecule has 2 aromatic rings. The summed E-state index contributed by atoms with van der Waals surface area (Å²) in [6.07, 6.45) is 3.57. The molecule has 1 aliphatic heterocycles. The second kappa shape index (κ2) is 10.3. The SMILES string of the molecule is CC(C)(C)OC(=O)N1CCN(C2c3ccc(Cl)cc3CCc3cccnc32)CC1.O=CO. The van der Waals surface area contributed by atoms with Crippen molar-refractivity contribution < 1.29 is 19.4 Å². The molecule has 172 valence electrons. The van der Waals surface area contributed by atoms with Crippen LogP contribution in [0.15, 0.2) is 36.5 Å². The van der Waals surface area contributed by atoms with Gasteiger partial charge in [-0.15, -0.1) is 0 Å². The molecule has 7 nitrogen and oxygen atoms in total. The van der Waals surface area contributed by atoms with Gasteiger partial charge >= 0.3 is 6.09 Å². The number of pyridine rings is 1. The third-order valence-electron chi connectivity index (χ3n) is 5.58. The number of fused-ring (bicyclic) bond motifs is 2. The van der Waals surface area contributed by atoms with Crippen molar-refractivity contribution in [2.24, 2.45) is 0 Å². The molecule has 1 amide bonds. The van der Waals surface area contributed by atoms with Crippen LogP contribution in [0.1, 0.15) is 49.2 Å². The number of nitrogens with zero attached hydrogens (tertiary/aromatic N) is 3. The third-order valence-corrected chi connectivity index (χ3v) is 5.81. The van der Waals surface area contributed by atoms with E-state index in [2.05, 4.69) is 23.1 Å². The van der Waals surface area contributed by atoms with E-state index in [1.54, 1.807) is 4.90 Å². The summed E-state index contributed by atoms with van der Waals surface area (Å²) in [5, 5.41) is 7.66. The van der Waals surface area contributed by atoms with Crippen LogP contribution in [0.25, 0.3) is 0 Å². The van der Waals surface area contributed by atoms with Crippen LogP contribution in [0.2, 0.25) is 5.02 Å². The van der Waals surface area contributed by atoms with Gasteiger partial charge in [0.1, 0.15) is 5.60 Å². The largest absolute Gasteiger partial charge is 0.483 e. The van der Waals surface area contributed by atoms with Crippen LogP contribution in [0.3, 0.4) is 0 Å². The zero-order valence-corrected chi connectivity index (χ0v) is 19.5. The van der Waals surface area contributed by atoms with Gasteiger partial charge in [-0.25, -0.2) is 4.79 Å². The van der Waals surface area contributed by atoms with Gasteiger partial charge in [0, 0.05) is 37.4 Å². The summed E-state index contributed by atoms with van der Waals surface area (Å²) in [6.45, 7) is 8.31. The lowest BCUT2D eigenvalue weighted by atomic mass is 9.96. The molecule has 2 aliphatic rings. The summed E-state index contributed by atoms with van der Waals surface area (Å²) in [6, 6.07) is 10.5. The molecule has 0 radical (unpaired) electrons. The Hall–Kier alpha value is -2.64. The van der Waals surface area contributed by atoms with Crippen LogP contribution in [0.4, 0.5) is 4.79 Å². The molecule has 1 fully saturated rings. The molecular weight excluding hydrogens is 430 g/mol. The average molecular weight is 460 g/mol. The molecule has 1 saturated heterocycles. The molecule has 1 atom stereocenters. The van der Waals surface area contributed by atoms with E-state index in [1.807, 2.05) is 39.1 Å². The molecule has 1 aliphatic carbocycles. The van der Waals surface area contributed by atoms with Crippen molar-refractivity contribution in [1.29, 1.82) is 0 Å². The van der Waals surface area contributed by atoms with Gasteiger partial charge in [0.05, 0.1) is 11.7 Å². The molecule has 4 rings (SSSR count). The highest BCUT2D eigenvalue weighted by Gasteiger charge is 2.34. The van der Waals surface area contributed by atoms with E-state index in [0.717, 1.165) is 36.6 Å². The molecule has 2 heterocycles. The maximum absolute atomic E-state index is 12.4. The van der Waals surface area contributed by atoms with E-state index < -0.39 is 5.60 Å². The van der Waals surface area contributed by atoms with E-state index in [4.69, 9.17) is 31.2 Å². The van der Waals surface area contributed by atoms with Crippen LogP contribution >= 0.6 is 11.6 Å². The predicted molar refractivity (Wildman–Crippen MR) is 123 cm³/mol. The number of amides is 1. The van der Waals surface area contributed by atoms with Crippen LogP contribution in [0, 0.1) is 0 Å². The lowest BCUT2D eigenvalue weighted by molar-refractivity contribution is -0.122. The topological polar surface area (TPSA) is 83.0 Å². The first-order valence-corrected chi connectivity index (χ1v) is 11.1. The van der Waals surface area contributed by atoms with Crippen LogP contribution in [0.5, 0.6) is 0 Å². The fraction of sp³-hybridized carbons (Fsp3) is 0.458. The molecular formula is C24H30ClN3O4. The van der Waals surface area contributed by atoms with Gasteiger partial charge in [0.25, 0.3) is 6.47 Å². The molecule has 1 aromatic carbocycles. The Morgan fingerprint density at radius 3 is 2.47 bits per heavy atom. The van der Waals surface area contributed by atoms with Crippen molar-refractivity contribution in [2.45, 2.75) is 45.3 Å². The van der Waals surface area contributed by atoms with E-state index in [0.29, 0.717) is 13.1 Å². The number of piperazine rings is 1. The van der Waals surface area contributed by atoms with Gasteiger partial charge in [-0.1, -0.05) is 23.7 Å². The summed E-state index contributed by atoms with van der Waals surface area (Å²) in [5.74, 6) is 0. The molecule has 1 unspecified atom stereocenters. The Morgan fingerprint density at radius 2 is 1.81 bits per heavy atom. The van der Waals surface area contributed by atoms with Crippen molar-refractivity contribution in [3.05, 3.63) is 63.9 Å². The summed E-state index contributed by atoms with van der Waals surface area (Å²) in [4.78, 5) is 29.8. The average Bonchev–Trinajstić information content (AvgIpc) is 2.90. The zero-order valence-electron chi connectivity index (χ0n) is 18.8. The van der Waals surface area contributed by atoms with E-state index in [-0.39, 0.29) is 18.6 Å². The number of benzene rings is 1. The van der Waals surface area contributed by atoms with E-state index >= 15 is 0 Å². The van der Waals surface area contributed by atoms with Crippen LogP contribution in [-0.4, -0.2) is 64.2 Å². The maximum Gasteiger partial charge on any atom is 0.410 e. The first-order chi connectivity index (χ1) is 15.2. The number of carboxylic acid groups (broad SMARTS) is 1. The monoisotopic (exact) mass is 459 g/mol. The minimum absolute atomic E-state index is 0.0850. The highest BCUT2D eigenvalue weighted by atomic mass is 35.5. The number of aromatic nitrogens is 1. The zero-order chi connectivity index (χ0) is 23.3. The minimum atomic E-state index is -0.476. The highest BCUT2D eigenvalue weighted by Crippen LogP contribution is 2.37. The Morgan fingerprint density at radius 1 is 1.16 bits per heavy atom. The van der Waals surface area contributed by atoms with Gasteiger partial charge in [0.2, 0.25) is 0 Å². The molecule has 1 aromatic heterocycles. The second-order valence-corrected chi connectivity index (χ2v) is 9.34. The maximum atomic E-state index is 12.4. The predicted octanol–water partition coefficient (Wildman–Crippen LogP) is 4.18.